The van der Waals surface area contributed by atoms with Gasteiger partial charge in [-0.1, -0.05) is 11.6 Å². The molecule has 0 radical (unpaired) electrons. The van der Waals surface area contributed by atoms with Crippen LogP contribution in [-0.4, -0.2) is 16.3 Å². The lowest BCUT2D eigenvalue weighted by Gasteiger charge is -1.97. The van der Waals surface area contributed by atoms with Crippen molar-refractivity contribution in [3.05, 3.63) is 39.4 Å². The topological polar surface area (TPSA) is 62.8 Å². The molecule has 1 heterocycles. The minimum absolute atomic E-state index is 0.0184. The van der Waals surface area contributed by atoms with Gasteiger partial charge in [0, 0.05) is 5.02 Å². The Hall–Kier alpha value is -1.68. The van der Waals surface area contributed by atoms with Gasteiger partial charge >= 0.3 is 0 Å². The number of aromatic nitrogens is 2. The van der Waals surface area contributed by atoms with Crippen LogP contribution in [-0.2, 0) is 0 Å². The van der Waals surface area contributed by atoms with E-state index in [1.807, 2.05) is 0 Å². The summed E-state index contributed by atoms with van der Waals surface area (Å²) in [4.78, 5) is 28.1. The monoisotopic (exact) mass is 208 g/mol. The smallest absolute Gasteiger partial charge is 0.259 e. The van der Waals surface area contributed by atoms with Crippen LogP contribution in [0, 0.1) is 0 Å². The molecule has 1 aromatic carbocycles. The number of carbonyl (C=O) groups excluding carboxylic acids is 1. The van der Waals surface area contributed by atoms with Gasteiger partial charge in [-0.25, -0.2) is 4.98 Å². The van der Waals surface area contributed by atoms with Crippen LogP contribution in [0.3, 0.4) is 0 Å². The molecule has 0 aliphatic heterocycles. The number of nitrogens with one attached hydrogen (secondary N) is 1. The van der Waals surface area contributed by atoms with Crippen LogP contribution in [0.2, 0.25) is 5.02 Å². The lowest BCUT2D eigenvalue weighted by Crippen LogP contribution is -2.11. The highest BCUT2D eigenvalue weighted by atomic mass is 35.5. The van der Waals surface area contributed by atoms with E-state index in [-0.39, 0.29) is 11.4 Å². The first-order valence-corrected chi connectivity index (χ1v) is 4.23. The molecule has 0 fully saturated rings. The number of benzene rings is 1. The molecule has 0 atom stereocenters. The van der Waals surface area contributed by atoms with E-state index >= 15 is 0 Å². The third-order valence-electron chi connectivity index (χ3n) is 1.80. The Kier molecular flexibility index (Phi) is 2.05. The van der Waals surface area contributed by atoms with Gasteiger partial charge in [0.05, 0.1) is 10.9 Å². The molecule has 0 saturated heterocycles. The molecule has 14 heavy (non-hydrogen) atoms. The summed E-state index contributed by atoms with van der Waals surface area (Å²) in [6.07, 6.45) is 0.495. The highest BCUT2D eigenvalue weighted by molar-refractivity contribution is 6.31. The van der Waals surface area contributed by atoms with Gasteiger partial charge in [0.1, 0.15) is 0 Å². The summed E-state index contributed by atoms with van der Waals surface area (Å²) in [6, 6.07) is 4.72. The van der Waals surface area contributed by atoms with Crippen LogP contribution in [0.5, 0.6) is 0 Å². The molecule has 0 saturated carbocycles. The van der Waals surface area contributed by atoms with Crippen molar-refractivity contribution in [3.8, 4) is 0 Å². The highest BCUT2D eigenvalue weighted by Gasteiger charge is 2.02. The number of fused-ring (bicyclic) bond motifs is 1. The van der Waals surface area contributed by atoms with Crippen molar-refractivity contribution in [2.75, 3.05) is 0 Å². The predicted octanol–water partition coefficient (Wildman–Crippen LogP) is 1.39. The van der Waals surface area contributed by atoms with Crippen molar-refractivity contribution in [1.82, 2.24) is 9.97 Å². The van der Waals surface area contributed by atoms with Crippen LogP contribution in [0.4, 0.5) is 0 Å². The van der Waals surface area contributed by atoms with E-state index in [1.165, 1.54) is 6.07 Å². The second-order valence-corrected chi connectivity index (χ2v) is 3.17. The number of aldehydes is 1. The average Bonchev–Trinajstić information content (AvgIpc) is 2.19. The summed E-state index contributed by atoms with van der Waals surface area (Å²) < 4.78 is 0. The van der Waals surface area contributed by atoms with E-state index in [4.69, 9.17) is 11.6 Å². The van der Waals surface area contributed by atoms with E-state index in [1.54, 1.807) is 12.1 Å². The van der Waals surface area contributed by atoms with Gasteiger partial charge in [-0.3, -0.25) is 9.59 Å². The summed E-state index contributed by atoms with van der Waals surface area (Å²) in [5.41, 5.74) is 0.0971. The van der Waals surface area contributed by atoms with E-state index in [0.717, 1.165) is 0 Å². The zero-order chi connectivity index (χ0) is 10.1. The molecule has 4 nitrogen and oxygen atoms in total. The number of nitrogens with zero attached hydrogens (tertiary/aromatic N) is 1. The zero-order valence-corrected chi connectivity index (χ0v) is 7.71. The molecule has 2 aromatic rings. The third-order valence-corrected chi connectivity index (χ3v) is 2.03. The largest absolute Gasteiger partial charge is 0.304 e. The highest BCUT2D eigenvalue weighted by Crippen LogP contribution is 2.13. The van der Waals surface area contributed by atoms with Crippen molar-refractivity contribution in [1.29, 1.82) is 0 Å². The first kappa shape index (κ1) is 8.90. The molecule has 0 spiro atoms. The predicted molar refractivity (Wildman–Crippen MR) is 52.8 cm³/mol. The summed E-state index contributed by atoms with van der Waals surface area (Å²) in [5.74, 6) is 0.0184. The van der Waals surface area contributed by atoms with Gasteiger partial charge in [-0.15, -0.1) is 0 Å². The molecular formula is C9H5ClN2O2. The zero-order valence-electron chi connectivity index (χ0n) is 6.95. The van der Waals surface area contributed by atoms with Crippen molar-refractivity contribution in [3.63, 3.8) is 0 Å². The first-order chi connectivity index (χ1) is 6.70. The Morgan fingerprint density at radius 2 is 2.21 bits per heavy atom. The summed E-state index contributed by atoms with van der Waals surface area (Å²) in [6.45, 7) is 0. The van der Waals surface area contributed by atoms with Crippen LogP contribution < -0.4 is 5.56 Å². The molecular weight excluding hydrogens is 204 g/mol. The summed E-state index contributed by atoms with van der Waals surface area (Å²) in [5, 5.41) is 0.840. The molecule has 0 unspecified atom stereocenters. The average molecular weight is 209 g/mol. The quantitative estimate of drug-likeness (QED) is 0.721. The maximum absolute atomic E-state index is 11.4. The van der Waals surface area contributed by atoms with Crippen molar-refractivity contribution >= 4 is 28.8 Å². The molecule has 5 heteroatoms. The fourth-order valence-corrected chi connectivity index (χ4v) is 1.36. The molecule has 1 aromatic heterocycles. The normalized spacial score (nSPS) is 10.4. The second kappa shape index (κ2) is 3.23. The van der Waals surface area contributed by atoms with Crippen LogP contribution in [0.1, 0.15) is 10.6 Å². The van der Waals surface area contributed by atoms with Crippen molar-refractivity contribution in [2.45, 2.75) is 0 Å². The van der Waals surface area contributed by atoms with Gasteiger partial charge in [0.2, 0.25) is 0 Å². The molecule has 70 valence electrons. The van der Waals surface area contributed by atoms with Gasteiger partial charge in [-0.2, -0.15) is 0 Å². The van der Waals surface area contributed by atoms with E-state index < -0.39 is 0 Å². The Balaban J connectivity index is 2.90. The van der Waals surface area contributed by atoms with Gasteiger partial charge in [0.15, 0.2) is 12.1 Å². The second-order valence-electron chi connectivity index (χ2n) is 2.73. The molecule has 0 amide bonds. The Labute approximate surface area is 83.5 Å². The number of carbonyl (C=O) groups is 1. The number of halogens is 1. The van der Waals surface area contributed by atoms with Crippen molar-refractivity contribution in [2.24, 2.45) is 0 Å². The van der Waals surface area contributed by atoms with E-state index in [0.29, 0.717) is 22.2 Å². The van der Waals surface area contributed by atoms with Crippen LogP contribution in [0.15, 0.2) is 23.0 Å². The Morgan fingerprint density at radius 1 is 1.43 bits per heavy atom. The molecule has 0 aliphatic carbocycles. The Bertz CT molecular complexity index is 562. The number of aromatic amines is 1. The maximum atomic E-state index is 11.4. The number of hydrogen-bond donors (Lipinski definition) is 1. The Morgan fingerprint density at radius 3 is 2.93 bits per heavy atom. The van der Waals surface area contributed by atoms with Gasteiger partial charge in [0.25, 0.3) is 5.56 Å². The standard InChI is InChI=1S/C9H5ClN2O2/c10-5-1-2-7-6(3-5)9(14)12-8(4-13)11-7/h1-4H,(H,11,12,14). The summed E-state index contributed by atoms with van der Waals surface area (Å²) >= 11 is 5.71. The molecule has 0 aliphatic rings. The van der Waals surface area contributed by atoms with E-state index in [2.05, 4.69) is 9.97 Å². The minimum Gasteiger partial charge on any atom is -0.304 e. The summed E-state index contributed by atoms with van der Waals surface area (Å²) in [7, 11) is 0. The number of H-pyrrole nitrogens is 1. The molecule has 1 N–H and O–H groups in total. The molecule has 2 rings (SSSR count). The number of hydrogen-bond acceptors (Lipinski definition) is 3. The van der Waals surface area contributed by atoms with E-state index in [9.17, 15) is 9.59 Å². The van der Waals surface area contributed by atoms with Gasteiger partial charge < -0.3 is 4.98 Å². The van der Waals surface area contributed by atoms with Gasteiger partial charge in [-0.05, 0) is 18.2 Å². The van der Waals surface area contributed by atoms with Crippen molar-refractivity contribution < 1.29 is 4.79 Å². The SMILES string of the molecule is O=Cc1nc2ccc(Cl)cc2c(=O)[nH]1. The maximum Gasteiger partial charge on any atom is 0.259 e. The first-order valence-electron chi connectivity index (χ1n) is 3.85. The fourth-order valence-electron chi connectivity index (χ4n) is 1.18. The third kappa shape index (κ3) is 1.40. The fraction of sp³-hybridized carbons (Fsp3) is 0. The van der Waals surface area contributed by atoms with Crippen LogP contribution in [0.25, 0.3) is 10.9 Å². The number of rotatable bonds is 1. The lowest BCUT2D eigenvalue weighted by atomic mass is 10.2. The molecule has 0 bridgehead atoms. The lowest BCUT2D eigenvalue weighted by molar-refractivity contribution is 0.111. The van der Waals surface area contributed by atoms with Crippen LogP contribution >= 0.6 is 11.6 Å². The minimum atomic E-state index is -0.361.